The average molecular weight is 409 g/mol. The molecule has 4 rings (SSSR count). The van der Waals surface area contributed by atoms with Crippen molar-refractivity contribution in [2.24, 2.45) is 0 Å². The van der Waals surface area contributed by atoms with Crippen molar-refractivity contribution in [1.82, 2.24) is 14.8 Å². The number of benzene rings is 2. The molecule has 2 aromatic heterocycles. The van der Waals surface area contributed by atoms with Gasteiger partial charge >= 0.3 is 0 Å². The van der Waals surface area contributed by atoms with Gasteiger partial charge in [-0.2, -0.15) is 9.78 Å². The number of hydrogen-bond acceptors (Lipinski definition) is 5. The minimum Gasteiger partial charge on any atom is -0.392 e. The molecule has 0 radical (unpaired) electrons. The first-order valence-electron chi connectivity index (χ1n) is 9.16. The highest BCUT2D eigenvalue weighted by atomic mass is 32.1. The minimum absolute atomic E-state index is 0.0171. The second-order valence-corrected chi connectivity index (χ2v) is 8.73. The molecule has 0 bridgehead atoms. The molecule has 0 aliphatic carbocycles. The Bertz CT molecular complexity index is 1260. The third kappa shape index (κ3) is 3.36. The Morgan fingerprint density at radius 3 is 2.69 bits per heavy atom. The van der Waals surface area contributed by atoms with Crippen LogP contribution in [-0.4, -0.2) is 19.9 Å². The van der Waals surface area contributed by atoms with Gasteiger partial charge in [-0.15, -0.1) is 11.3 Å². The zero-order valence-electron chi connectivity index (χ0n) is 16.3. The molecule has 1 N–H and O–H groups in total. The molecule has 0 spiro atoms. The summed E-state index contributed by atoms with van der Waals surface area (Å²) in [4.78, 5) is 17.4. The van der Waals surface area contributed by atoms with Crippen molar-refractivity contribution in [1.29, 1.82) is 0 Å². The first-order chi connectivity index (χ1) is 13.8. The van der Waals surface area contributed by atoms with E-state index in [0.29, 0.717) is 16.6 Å². The molecule has 2 heterocycles. The molecule has 0 aliphatic heterocycles. The van der Waals surface area contributed by atoms with Crippen LogP contribution in [0.2, 0.25) is 0 Å². The molecule has 7 heteroatoms. The highest BCUT2D eigenvalue weighted by Crippen LogP contribution is 2.30. The summed E-state index contributed by atoms with van der Waals surface area (Å²) in [6.07, 6.45) is 3.17. The summed E-state index contributed by atoms with van der Waals surface area (Å²) in [6.45, 7) is 5.66. The molecule has 5 nitrogen and oxygen atoms in total. The van der Waals surface area contributed by atoms with E-state index in [1.54, 1.807) is 24.4 Å². The predicted molar refractivity (Wildman–Crippen MR) is 113 cm³/mol. The van der Waals surface area contributed by atoms with Crippen molar-refractivity contribution >= 4 is 22.1 Å². The van der Waals surface area contributed by atoms with E-state index in [4.69, 9.17) is 0 Å². The summed E-state index contributed by atoms with van der Waals surface area (Å²) < 4.78 is 16.1. The Labute approximate surface area is 171 Å². The molecule has 0 saturated carbocycles. The molecule has 29 heavy (non-hydrogen) atoms. The van der Waals surface area contributed by atoms with Gasteiger partial charge in [0.2, 0.25) is 0 Å². The SMILES string of the molecule is CC(C)(C)c1cc(F)c2c(=O)n(-c3cccc(-c4nccs4)c3CO)ncc2c1. The third-order valence-corrected chi connectivity index (χ3v) is 5.71. The number of fused-ring (bicyclic) bond motifs is 1. The van der Waals surface area contributed by atoms with E-state index in [-0.39, 0.29) is 17.4 Å². The van der Waals surface area contributed by atoms with Crippen LogP contribution in [0.25, 0.3) is 27.0 Å². The number of aromatic nitrogens is 3. The molecule has 0 unspecified atom stereocenters. The van der Waals surface area contributed by atoms with Crippen LogP contribution in [0.15, 0.2) is 52.9 Å². The number of aliphatic hydroxyl groups excluding tert-OH is 1. The summed E-state index contributed by atoms with van der Waals surface area (Å²) in [7, 11) is 0. The van der Waals surface area contributed by atoms with Crippen molar-refractivity contribution in [2.45, 2.75) is 32.8 Å². The van der Waals surface area contributed by atoms with Gasteiger partial charge in [-0.05, 0) is 29.2 Å². The summed E-state index contributed by atoms with van der Waals surface area (Å²) >= 11 is 1.43. The largest absolute Gasteiger partial charge is 0.392 e. The van der Waals surface area contributed by atoms with E-state index < -0.39 is 11.4 Å². The Morgan fingerprint density at radius 1 is 1.24 bits per heavy atom. The molecular formula is C22H20FN3O2S. The lowest BCUT2D eigenvalue weighted by Crippen LogP contribution is -2.24. The summed E-state index contributed by atoms with van der Waals surface area (Å²) in [5.74, 6) is -0.574. The van der Waals surface area contributed by atoms with Crippen molar-refractivity contribution in [3.05, 3.63) is 75.4 Å². The maximum Gasteiger partial charge on any atom is 0.282 e. The number of nitrogens with zero attached hydrogens (tertiary/aromatic N) is 3. The van der Waals surface area contributed by atoms with E-state index >= 15 is 0 Å². The molecular weight excluding hydrogens is 389 g/mol. The second-order valence-electron chi connectivity index (χ2n) is 7.83. The molecule has 0 amide bonds. The standard InChI is InChI=1S/C22H20FN3O2S/c1-22(2,3)14-9-13-11-25-26(21(28)19(13)17(23)10-14)18-6-4-5-15(16(18)12-27)20-24-7-8-29-20/h4-11,27H,12H2,1-3H3. The molecule has 4 aromatic rings. The lowest BCUT2D eigenvalue weighted by atomic mass is 9.86. The van der Waals surface area contributed by atoms with E-state index in [2.05, 4.69) is 10.1 Å². The molecule has 2 aromatic carbocycles. The highest BCUT2D eigenvalue weighted by molar-refractivity contribution is 7.13. The first-order valence-corrected chi connectivity index (χ1v) is 10.0. The van der Waals surface area contributed by atoms with E-state index in [0.717, 1.165) is 20.8 Å². The number of halogens is 1. The smallest absolute Gasteiger partial charge is 0.282 e. The Hall–Kier alpha value is -2.90. The highest BCUT2D eigenvalue weighted by Gasteiger charge is 2.20. The Morgan fingerprint density at radius 2 is 2.03 bits per heavy atom. The van der Waals surface area contributed by atoms with Gasteiger partial charge < -0.3 is 5.11 Å². The van der Waals surface area contributed by atoms with Gasteiger partial charge in [0.15, 0.2) is 0 Å². The fourth-order valence-corrected chi connectivity index (χ4v) is 4.02. The normalized spacial score (nSPS) is 11.9. The van der Waals surface area contributed by atoms with Crippen LogP contribution in [0.3, 0.4) is 0 Å². The predicted octanol–water partition coefficient (Wildman–Crippen LogP) is 4.44. The molecule has 0 aliphatic rings. The Balaban J connectivity index is 1.97. The van der Waals surface area contributed by atoms with Crippen LogP contribution in [0.5, 0.6) is 0 Å². The average Bonchev–Trinajstić information content (AvgIpc) is 3.21. The van der Waals surface area contributed by atoms with Crippen LogP contribution in [-0.2, 0) is 12.0 Å². The van der Waals surface area contributed by atoms with Crippen LogP contribution in [0, 0.1) is 5.82 Å². The van der Waals surface area contributed by atoms with Crippen molar-refractivity contribution in [3.63, 3.8) is 0 Å². The van der Waals surface area contributed by atoms with Crippen molar-refractivity contribution < 1.29 is 9.50 Å². The van der Waals surface area contributed by atoms with Crippen molar-refractivity contribution in [3.8, 4) is 16.3 Å². The van der Waals surface area contributed by atoms with E-state index in [1.807, 2.05) is 32.2 Å². The monoisotopic (exact) mass is 409 g/mol. The lowest BCUT2D eigenvalue weighted by molar-refractivity contribution is 0.282. The van der Waals surface area contributed by atoms with Gasteiger partial charge in [0, 0.05) is 28.1 Å². The quantitative estimate of drug-likeness (QED) is 0.543. The number of hydrogen-bond donors (Lipinski definition) is 1. The fraction of sp³-hybridized carbons (Fsp3) is 0.227. The fourth-order valence-electron chi connectivity index (χ4n) is 3.33. The van der Waals surface area contributed by atoms with Gasteiger partial charge in [-0.25, -0.2) is 9.37 Å². The van der Waals surface area contributed by atoms with Gasteiger partial charge in [0.25, 0.3) is 5.56 Å². The first kappa shape index (κ1) is 19.4. The van der Waals surface area contributed by atoms with E-state index in [9.17, 15) is 14.3 Å². The molecule has 0 fully saturated rings. The van der Waals surface area contributed by atoms with Crippen LogP contribution >= 0.6 is 11.3 Å². The van der Waals surface area contributed by atoms with Crippen LogP contribution in [0.4, 0.5) is 4.39 Å². The molecule has 0 atom stereocenters. The lowest BCUT2D eigenvalue weighted by Gasteiger charge is -2.20. The molecule has 0 saturated heterocycles. The summed E-state index contributed by atoms with van der Waals surface area (Å²) in [5, 5.41) is 17.3. The number of aliphatic hydroxyl groups is 1. The van der Waals surface area contributed by atoms with Gasteiger partial charge in [-0.1, -0.05) is 32.9 Å². The Kier molecular flexibility index (Phi) is 4.80. The zero-order chi connectivity index (χ0) is 20.8. The summed E-state index contributed by atoms with van der Waals surface area (Å²) in [5.41, 5.74) is 1.62. The van der Waals surface area contributed by atoms with E-state index in [1.165, 1.54) is 23.6 Å². The number of thiazole rings is 1. The van der Waals surface area contributed by atoms with Gasteiger partial charge in [0.1, 0.15) is 10.8 Å². The minimum atomic E-state index is -0.574. The van der Waals surface area contributed by atoms with Crippen LogP contribution in [0.1, 0.15) is 31.9 Å². The van der Waals surface area contributed by atoms with Crippen molar-refractivity contribution in [2.75, 3.05) is 0 Å². The summed E-state index contributed by atoms with van der Waals surface area (Å²) in [6, 6.07) is 8.49. The number of rotatable bonds is 3. The van der Waals surface area contributed by atoms with Crippen LogP contribution < -0.4 is 5.56 Å². The second kappa shape index (κ2) is 7.17. The molecule has 148 valence electrons. The third-order valence-electron chi connectivity index (χ3n) is 4.91. The maximum absolute atomic E-state index is 14.9. The maximum atomic E-state index is 14.9. The topological polar surface area (TPSA) is 68.0 Å². The van der Waals surface area contributed by atoms with Gasteiger partial charge in [0.05, 0.1) is 23.9 Å². The zero-order valence-corrected chi connectivity index (χ0v) is 17.1. The van der Waals surface area contributed by atoms with Gasteiger partial charge in [-0.3, -0.25) is 4.79 Å².